The van der Waals surface area contributed by atoms with Crippen molar-refractivity contribution >= 4 is 49.1 Å². The maximum Gasteiger partial charge on any atom is 0.255 e. The number of nitrogens with zero attached hydrogens (tertiary/aromatic N) is 1. The van der Waals surface area contributed by atoms with Crippen LogP contribution in [0.3, 0.4) is 0 Å². The first kappa shape index (κ1) is 13.9. The number of thiophene rings is 1. The van der Waals surface area contributed by atoms with Crippen molar-refractivity contribution in [3.63, 3.8) is 0 Å². The Balaban J connectivity index is 2.63. The van der Waals surface area contributed by atoms with Gasteiger partial charge in [0, 0.05) is 13.6 Å². The van der Waals surface area contributed by atoms with Crippen molar-refractivity contribution in [2.75, 3.05) is 13.6 Å². The summed E-state index contributed by atoms with van der Waals surface area (Å²) in [5.41, 5.74) is 0.720. The summed E-state index contributed by atoms with van der Waals surface area (Å²) in [5.74, 6) is 0.0536. The van der Waals surface area contributed by atoms with Crippen molar-refractivity contribution in [3.05, 3.63) is 31.9 Å². The van der Waals surface area contributed by atoms with Crippen molar-refractivity contribution in [1.82, 2.24) is 4.90 Å². The Morgan fingerprint density at radius 2 is 2.31 bits per heavy atom. The molecule has 88 valence electrons. The molecule has 0 saturated heterocycles. The van der Waals surface area contributed by atoms with Gasteiger partial charge in [-0.1, -0.05) is 6.08 Å². The van der Waals surface area contributed by atoms with Crippen LogP contribution in [0, 0.1) is 0 Å². The van der Waals surface area contributed by atoms with Crippen molar-refractivity contribution in [3.8, 4) is 0 Å². The van der Waals surface area contributed by atoms with Crippen molar-refractivity contribution in [2.24, 2.45) is 0 Å². The van der Waals surface area contributed by atoms with Crippen LogP contribution in [0.5, 0.6) is 0 Å². The first-order chi connectivity index (χ1) is 7.56. The Hall–Kier alpha value is -0.130. The lowest BCUT2D eigenvalue weighted by atomic mass is 10.2. The molecule has 1 heterocycles. The highest BCUT2D eigenvalue weighted by Gasteiger charge is 2.16. The smallest absolute Gasteiger partial charge is 0.255 e. The average molecular weight is 367 g/mol. The van der Waals surface area contributed by atoms with Gasteiger partial charge in [-0.3, -0.25) is 4.79 Å². The molecule has 0 unspecified atom stereocenters. The number of carbonyl (C=O) groups is 1. The zero-order chi connectivity index (χ0) is 12.1. The molecule has 0 N–H and O–H groups in total. The molecule has 1 aromatic heterocycles. The van der Waals surface area contributed by atoms with E-state index in [1.165, 1.54) is 11.3 Å². The Bertz CT molecular complexity index is 389. The lowest BCUT2D eigenvalue weighted by Gasteiger charge is -2.16. The summed E-state index contributed by atoms with van der Waals surface area (Å²) < 4.78 is 1.84. The minimum atomic E-state index is 0.0536. The van der Waals surface area contributed by atoms with Gasteiger partial charge in [0.2, 0.25) is 0 Å². The predicted molar refractivity (Wildman–Crippen MR) is 76.1 cm³/mol. The van der Waals surface area contributed by atoms with Gasteiger partial charge in [-0.15, -0.1) is 17.9 Å². The van der Waals surface area contributed by atoms with Crippen LogP contribution in [-0.4, -0.2) is 24.4 Å². The standard InChI is InChI=1S/C11H13Br2NOS/c1-3-4-5-6-14(2)11(15)8-7-9(12)16-10(8)13/h3,7H,1,4-6H2,2H3. The molecule has 0 radical (unpaired) electrons. The summed E-state index contributed by atoms with van der Waals surface area (Å²) in [5, 5.41) is 0. The predicted octanol–water partition coefficient (Wildman–Crippen LogP) is 4.31. The molecule has 0 saturated carbocycles. The van der Waals surface area contributed by atoms with E-state index >= 15 is 0 Å². The fourth-order valence-electron chi connectivity index (χ4n) is 1.27. The van der Waals surface area contributed by atoms with Gasteiger partial charge in [0.1, 0.15) is 0 Å². The van der Waals surface area contributed by atoms with E-state index in [9.17, 15) is 4.79 Å². The van der Waals surface area contributed by atoms with Gasteiger partial charge in [-0.2, -0.15) is 0 Å². The van der Waals surface area contributed by atoms with E-state index in [4.69, 9.17) is 0 Å². The van der Waals surface area contributed by atoms with Crippen LogP contribution in [-0.2, 0) is 0 Å². The molecule has 0 aliphatic carbocycles. The van der Waals surface area contributed by atoms with Crippen LogP contribution in [0.2, 0.25) is 0 Å². The van der Waals surface area contributed by atoms with E-state index in [-0.39, 0.29) is 5.91 Å². The van der Waals surface area contributed by atoms with E-state index in [1.807, 2.05) is 19.2 Å². The molecule has 0 atom stereocenters. The molecule has 1 aromatic rings. The van der Waals surface area contributed by atoms with Crippen LogP contribution >= 0.6 is 43.2 Å². The number of rotatable bonds is 5. The molecule has 0 aromatic carbocycles. The third-order valence-corrected chi connectivity index (χ3v) is 4.47. The molecule has 2 nitrogen and oxygen atoms in total. The minimum absolute atomic E-state index is 0.0536. The monoisotopic (exact) mass is 365 g/mol. The van der Waals surface area contributed by atoms with Gasteiger partial charge in [-0.05, 0) is 50.8 Å². The Morgan fingerprint density at radius 1 is 1.62 bits per heavy atom. The van der Waals surface area contributed by atoms with Gasteiger partial charge in [0.25, 0.3) is 5.91 Å². The zero-order valence-electron chi connectivity index (χ0n) is 9.00. The van der Waals surface area contributed by atoms with Crippen molar-refractivity contribution in [1.29, 1.82) is 0 Å². The Kier molecular flexibility index (Phi) is 5.72. The second-order valence-corrected chi connectivity index (χ2v) is 7.14. The number of carbonyl (C=O) groups excluding carboxylic acids is 1. The second kappa shape index (κ2) is 6.57. The average Bonchev–Trinajstić information content (AvgIpc) is 2.57. The summed E-state index contributed by atoms with van der Waals surface area (Å²) in [4.78, 5) is 13.8. The molecule has 5 heteroatoms. The molecule has 0 bridgehead atoms. The van der Waals surface area contributed by atoms with Crippen LogP contribution < -0.4 is 0 Å². The molecule has 16 heavy (non-hydrogen) atoms. The second-order valence-electron chi connectivity index (χ2n) is 3.40. The molecule has 1 amide bonds. The topological polar surface area (TPSA) is 20.3 Å². The number of allylic oxidation sites excluding steroid dienone is 1. The molecule has 0 spiro atoms. The molecule has 1 rings (SSSR count). The lowest BCUT2D eigenvalue weighted by molar-refractivity contribution is 0.0793. The third-order valence-electron chi connectivity index (χ3n) is 2.14. The number of halogens is 2. The number of unbranched alkanes of at least 4 members (excludes halogenated alkanes) is 1. The van der Waals surface area contributed by atoms with Gasteiger partial charge in [0.15, 0.2) is 0 Å². The summed E-state index contributed by atoms with van der Waals surface area (Å²) in [6, 6.07) is 1.85. The third kappa shape index (κ3) is 3.71. The highest BCUT2D eigenvalue weighted by molar-refractivity contribution is 9.12. The van der Waals surface area contributed by atoms with E-state index < -0.39 is 0 Å². The molecule has 0 fully saturated rings. The van der Waals surface area contributed by atoms with E-state index in [1.54, 1.807) is 4.90 Å². The summed E-state index contributed by atoms with van der Waals surface area (Å²) in [6.45, 7) is 4.42. The van der Waals surface area contributed by atoms with Gasteiger partial charge in [-0.25, -0.2) is 0 Å². The number of amides is 1. The lowest BCUT2D eigenvalue weighted by Crippen LogP contribution is -2.27. The van der Waals surface area contributed by atoms with Crippen molar-refractivity contribution < 1.29 is 4.79 Å². The Labute approximate surface area is 117 Å². The number of hydrogen-bond donors (Lipinski definition) is 0. The maximum atomic E-state index is 12.0. The Morgan fingerprint density at radius 3 is 2.81 bits per heavy atom. The van der Waals surface area contributed by atoms with E-state index in [0.717, 1.165) is 32.5 Å². The highest BCUT2D eigenvalue weighted by atomic mass is 79.9. The summed E-state index contributed by atoms with van der Waals surface area (Å²) >= 11 is 8.27. The van der Waals surface area contributed by atoms with E-state index in [2.05, 4.69) is 38.4 Å². The molecular weight excluding hydrogens is 354 g/mol. The van der Waals surface area contributed by atoms with Gasteiger partial charge < -0.3 is 4.90 Å². The maximum absolute atomic E-state index is 12.0. The molecule has 0 aliphatic heterocycles. The number of hydrogen-bond acceptors (Lipinski definition) is 2. The first-order valence-corrected chi connectivity index (χ1v) is 7.27. The largest absolute Gasteiger partial charge is 0.342 e. The summed E-state index contributed by atoms with van der Waals surface area (Å²) in [6.07, 6.45) is 3.76. The quantitative estimate of drug-likeness (QED) is 0.561. The van der Waals surface area contributed by atoms with E-state index in [0.29, 0.717) is 0 Å². The van der Waals surface area contributed by atoms with Crippen molar-refractivity contribution in [2.45, 2.75) is 12.8 Å². The fraction of sp³-hybridized carbons (Fsp3) is 0.364. The molecular formula is C11H13Br2NOS. The van der Waals surface area contributed by atoms with Crippen LogP contribution in [0.4, 0.5) is 0 Å². The zero-order valence-corrected chi connectivity index (χ0v) is 13.0. The summed E-state index contributed by atoms with van der Waals surface area (Å²) in [7, 11) is 1.82. The van der Waals surface area contributed by atoms with Gasteiger partial charge in [0.05, 0.1) is 13.1 Å². The fourth-order valence-corrected chi connectivity index (χ4v) is 4.04. The van der Waals surface area contributed by atoms with Gasteiger partial charge >= 0.3 is 0 Å². The SMILES string of the molecule is C=CCCCN(C)C(=O)c1cc(Br)sc1Br. The molecule has 0 aliphatic rings. The van der Waals surface area contributed by atoms with Crippen LogP contribution in [0.25, 0.3) is 0 Å². The minimum Gasteiger partial charge on any atom is -0.342 e. The highest BCUT2D eigenvalue weighted by Crippen LogP contribution is 2.32. The normalized spacial score (nSPS) is 10.2. The first-order valence-electron chi connectivity index (χ1n) is 4.87. The van der Waals surface area contributed by atoms with Crippen LogP contribution in [0.15, 0.2) is 26.3 Å². The van der Waals surface area contributed by atoms with Crippen LogP contribution in [0.1, 0.15) is 23.2 Å².